The fourth-order valence-electron chi connectivity index (χ4n) is 3.09. The smallest absolute Gasteiger partial charge is 0.459 e. The van der Waals surface area contributed by atoms with E-state index in [1.54, 1.807) is 38.1 Å². The number of nitrogens with one attached hydrogen (secondary N) is 1. The zero-order chi connectivity index (χ0) is 29.6. The van der Waals surface area contributed by atoms with Crippen molar-refractivity contribution >= 4 is 32.8 Å². The maximum atomic E-state index is 13.8. The van der Waals surface area contributed by atoms with Gasteiger partial charge in [-0.1, -0.05) is 57.2 Å². The number of ether oxygens (including phenoxy) is 1. The largest absolute Gasteiger partial charge is 0.462 e. The molecule has 0 radical (unpaired) electrons. The minimum Gasteiger partial charge on any atom is -0.462 e. The molecular weight excluding hydrogens is 550 g/mol. The summed E-state index contributed by atoms with van der Waals surface area (Å²) in [7, 11) is -6.85. The van der Waals surface area contributed by atoms with Crippen LogP contribution in [0, 0.1) is 0 Å². The molecular formula is C27H39F3NO6PSi. The lowest BCUT2D eigenvalue weighted by Gasteiger charge is -2.36. The van der Waals surface area contributed by atoms with Crippen LogP contribution >= 0.6 is 7.75 Å². The number of halogens is 3. The van der Waals surface area contributed by atoms with Crippen LogP contribution in [0.4, 0.5) is 13.2 Å². The lowest BCUT2D eigenvalue weighted by atomic mass is 10.1. The molecule has 1 unspecified atom stereocenters. The fourth-order valence-corrected chi connectivity index (χ4v) is 5.48. The number of hydrogen-bond acceptors (Lipinski definition) is 6. The highest BCUT2D eigenvalue weighted by Crippen LogP contribution is 2.47. The van der Waals surface area contributed by atoms with E-state index < -0.39 is 59.1 Å². The predicted molar refractivity (Wildman–Crippen MR) is 149 cm³/mol. The molecule has 0 aromatic heterocycles. The molecule has 0 aliphatic rings. The van der Waals surface area contributed by atoms with E-state index in [4.69, 9.17) is 18.2 Å². The number of carbonyl (C=O) groups is 1. The monoisotopic (exact) mass is 589 g/mol. The van der Waals surface area contributed by atoms with E-state index in [2.05, 4.69) is 5.09 Å². The van der Waals surface area contributed by atoms with Crippen molar-refractivity contribution in [2.75, 3.05) is 13.2 Å². The molecule has 7 nitrogen and oxygen atoms in total. The van der Waals surface area contributed by atoms with Gasteiger partial charge in [0.1, 0.15) is 11.8 Å². The van der Waals surface area contributed by atoms with Gasteiger partial charge in [0.2, 0.25) is 0 Å². The highest BCUT2D eigenvalue weighted by atomic mass is 31.2. The summed E-state index contributed by atoms with van der Waals surface area (Å²) in [6, 6.07) is 11.1. The number of alkyl halides is 3. The van der Waals surface area contributed by atoms with Crippen molar-refractivity contribution in [1.82, 2.24) is 5.09 Å². The second-order valence-electron chi connectivity index (χ2n) is 11.0. The highest BCUT2D eigenvalue weighted by molar-refractivity contribution is 7.52. The second-order valence-corrected chi connectivity index (χ2v) is 17.5. The van der Waals surface area contributed by atoms with E-state index in [1.807, 2.05) is 52.1 Å². The number of hydrogen-bond donors (Lipinski definition) is 1. The summed E-state index contributed by atoms with van der Waals surface area (Å²) in [5.74, 6) is -0.542. The third kappa shape index (κ3) is 9.75. The van der Waals surface area contributed by atoms with E-state index in [9.17, 15) is 22.5 Å². The average molecular weight is 590 g/mol. The van der Waals surface area contributed by atoms with Crippen molar-refractivity contribution in [2.24, 2.45) is 0 Å². The van der Waals surface area contributed by atoms with E-state index in [1.165, 1.54) is 6.92 Å². The van der Waals surface area contributed by atoms with Gasteiger partial charge in [-0.3, -0.25) is 9.32 Å². The number of fused-ring (bicyclic) bond motifs is 1. The Bertz CT molecular complexity index is 1200. The van der Waals surface area contributed by atoms with Gasteiger partial charge < -0.3 is 13.7 Å². The Labute approximate surface area is 229 Å². The van der Waals surface area contributed by atoms with E-state index in [0.29, 0.717) is 5.39 Å². The van der Waals surface area contributed by atoms with Gasteiger partial charge in [-0.25, -0.2) is 4.57 Å². The van der Waals surface area contributed by atoms with Gasteiger partial charge in [0.25, 0.3) is 0 Å². The van der Waals surface area contributed by atoms with Gasteiger partial charge in [0, 0.05) is 5.39 Å². The number of benzene rings is 2. The number of carbonyl (C=O) groups excluding carboxylic acids is 1. The van der Waals surface area contributed by atoms with Gasteiger partial charge >= 0.3 is 19.9 Å². The zero-order valence-corrected chi connectivity index (χ0v) is 25.6. The van der Waals surface area contributed by atoms with Crippen LogP contribution < -0.4 is 9.61 Å². The molecule has 0 bridgehead atoms. The molecule has 0 saturated heterocycles. The molecule has 0 saturated carbocycles. The second kappa shape index (κ2) is 13.0. The van der Waals surface area contributed by atoms with Gasteiger partial charge in [0.05, 0.1) is 24.9 Å². The molecule has 218 valence electrons. The Morgan fingerprint density at radius 3 is 2.26 bits per heavy atom. The lowest BCUT2D eigenvalue weighted by molar-refractivity contribution is -0.149. The van der Waals surface area contributed by atoms with Crippen LogP contribution in [-0.2, 0) is 23.0 Å². The van der Waals surface area contributed by atoms with E-state index >= 15 is 0 Å². The summed E-state index contributed by atoms with van der Waals surface area (Å²) in [6.07, 6.45) is -4.34. The normalized spacial score (nSPS) is 15.7. The van der Waals surface area contributed by atoms with Crippen molar-refractivity contribution in [3.63, 3.8) is 0 Å². The van der Waals surface area contributed by atoms with Crippen LogP contribution in [0.25, 0.3) is 10.8 Å². The fraction of sp³-hybridized carbons (Fsp3) is 0.519. The zero-order valence-electron chi connectivity index (χ0n) is 23.7. The summed E-state index contributed by atoms with van der Waals surface area (Å²) in [4.78, 5) is 12.4. The third-order valence-electron chi connectivity index (χ3n) is 6.36. The quantitative estimate of drug-likeness (QED) is 0.117. The predicted octanol–water partition coefficient (Wildman–Crippen LogP) is 7.78. The summed E-state index contributed by atoms with van der Waals surface area (Å²) in [5.41, 5.74) is -0.962. The molecule has 1 N–H and O–H groups in total. The SMILES string of the molecule is CC(C)OC(=O)[C@H](C)NP(=O)(OC/C=C(/CO[Si](C)(C)C(C)(C)C)C(F)(F)F)Oc1cccc2ccccc12. The van der Waals surface area contributed by atoms with Crippen molar-refractivity contribution in [3.8, 4) is 5.75 Å². The van der Waals surface area contributed by atoms with Crippen LogP contribution in [-0.4, -0.2) is 45.8 Å². The molecule has 2 aromatic rings. The molecule has 2 atom stereocenters. The van der Waals surface area contributed by atoms with Crippen molar-refractivity contribution in [1.29, 1.82) is 0 Å². The van der Waals surface area contributed by atoms with Crippen LogP contribution in [0.1, 0.15) is 41.5 Å². The van der Waals surface area contributed by atoms with Gasteiger partial charge in [-0.15, -0.1) is 0 Å². The minimum absolute atomic E-state index is 0.176. The Morgan fingerprint density at radius 2 is 1.67 bits per heavy atom. The number of rotatable bonds is 12. The first-order chi connectivity index (χ1) is 17.8. The van der Waals surface area contributed by atoms with Crippen molar-refractivity contribution < 1.29 is 40.7 Å². The number of esters is 1. The van der Waals surface area contributed by atoms with E-state index in [0.717, 1.165) is 11.5 Å². The molecule has 0 aliphatic heterocycles. The maximum Gasteiger partial charge on any atom is 0.459 e. The molecule has 2 aromatic carbocycles. The molecule has 12 heteroatoms. The first-order valence-electron chi connectivity index (χ1n) is 12.6. The lowest BCUT2D eigenvalue weighted by Crippen LogP contribution is -2.42. The first-order valence-corrected chi connectivity index (χ1v) is 17.1. The summed E-state index contributed by atoms with van der Waals surface area (Å²) in [5, 5.41) is 3.61. The van der Waals surface area contributed by atoms with Gasteiger partial charge in [-0.05, 0) is 56.4 Å². The van der Waals surface area contributed by atoms with Crippen LogP contribution in [0.15, 0.2) is 54.1 Å². The molecule has 2 rings (SSSR count). The van der Waals surface area contributed by atoms with Crippen molar-refractivity contribution in [2.45, 2.75) is 78.0 Å². The maximum absolute atomic E-state index is 13.8. The Balaban J connectivity index is 2.33. The van der Waals surface area contributed by atoms with Crippen LogP contribution in [0.3, 0.4) is 0 Å². The highest BCUT2D eigenvalue weighted by Gasteiger charge is 2.40. The van der Waals surface area contributed by atoms with Crippen LogP contribution in [0.5, 0.6) is 5.75 Å². The minimum atomic E-state index is -4.69. The molecule has 0 amide bonds. The summed E-state index contributed by atoms with van der Waals surface area (Å²) >= 11 is 0. The molecule has 0 fully saturated rings. The molecule has 39 heavy (non-hydrogen) atoms. The Hall–Kier alpha value is -2.17. The summed E-state index contributed by atoms with van der Waals surface area (Å²) in [6.45, 7) is 12.8. The van der Waals surface area contributed by atoms with Gasteiger partial charge in [0.15, 0.2) is 8.32 Å². The van der Waals surface area contributed by atoms with Crippen LogP contribution in [0.2, 0.25) is 18.1 Å². The molecule has 0 spiro atoms. The average Bonchev–Trinajstić information content (AvgIpc) is 2.79. The third-order valence-corrected chi connectivity index (χ3v) is 12.5. The van der Waals surface area contributed by atoms with E-state index in [-0.39, 0.29) is 10.8 Å². The first kappa shape index (κ1) is 33.0. The summed E-state index contributed by atoms with van der Waals surface area (Å²) < 4.78 is 77.3. The Kier molecular flexibility index (Phi) is 11.0. The standard InChI is InChI=1S/C27H39F3NO6PSi/c1-19(2)36-25(32)20(3)31-38(33,37-24-15-11-13-21-12-9-10-14-23(21)24)34-17-16-22(27(28,29)30)18-35-39(7,8)26(4,5)6/h9-16,19-20H,17-18H2,1-8H3,(H,31,33)/b22-16-/t20-,38?/m0/s1. The molecule has 0 heterocycles. The Morgan fingerprint density at radius 1 is 1.05 bits per heavy atom. The van der Waals surface area contributed by atoms with Crippen molar-refractivity contribution in [3.05, 3.63) is 54.1 Å². The topological polar surface area (TPSA) is 83.1 Å². The molecule has 0 aliphatic carbocycles. The van der Waals surface area contributed by atoms with Gasteiger partial charge in [-0.2, -0.15) is 18.3 Å².